The summed E-state index contributed by atoms with van der Waals surface area (Å²) < 4.78 is 10.8. The molecule has 0 fully saturated rings. The zero-order chi connectivity index (χ0) is 15.9. The summed E-state index contributed by atoms with van der Waals surface area (Å²) in [6.45, 7) is 1.43. The number of benzene rings is 2. The van der Waals surface area contributed by atoms with Gasteiger partial charge in [-0.1, -0.05) is 12.1 Å². The topological polar surface area (TPSA) is 56.3 Å². The lowest BCUT2D eigenvalue weighted by Gasteiger charge is -2.09. The molecule has 0 atom stereocenters. The van der Waals surface area contributed by atoms with E-state index in [2.05, 4.69) is 15.3 Å². The highest BCUT2D eigenvalue weighted by Gasteiger charge is 2.02. The first-order chi connectivity index (χ1) is 11.4. The van der Waals surface area contributed by atoms with Crippen LogP contribution in [0.25, 0.3) is 10.9 Å². The third-order valence-electron chi connectivity index (χ3n) is 3.48. The highest BCUT2D eigenvalue weighted by Crippen LogP contribution is 2.19. The van der Waals surface area contributed by atoms with E-state index in [1.807, 2.05) is 48.5 Å². The number of ether oxygens (including phenoxy) is 2. The Bertz CT molecular complexity index is 754. The lowest BCUT2D eigenvalue weighted by atomic mass is 10.2. The van der Waals surface area contributed by atoms with Gasteiger partial charge < -0.3 is 14.8 Å². The average Bonchev–Trinajstić information content (AvgIpc) is 2.62. The predicted octanol–water partition coefficient (Wildman–Crippen LogP) is 3.52. The summed E-state index contributed by atoms with van der Waals surface area (Å²) in [5, 5.41) is 4.37. The Morgan fingerprint density at radius 1 is 0.957 bits per heavy atom. The molecule has 0 aliphatic rings. The van der Waals surface area contributed by atoms with Crippen LogP contribution in [0, 0.1) is 0 Å². The van der Waals surface area contributed by atoms with E-state index in [9.17, 15) is 0 Å². The second-order valence-electron chi connectivity index (χ2n) is 5.04. The van der Waals surface area contributed by atoms with E-state index in [-0.39, 0.29) is 0 Å². The first kappa shape index (κ1) is 15.1. The summed E-state index contributed by atoms with van der Waals surface area (Å²) >= 11 is 0. The number of anilines is 1. The largest absolute Gasteiger partial charge is 0.497 e. The van der Waals surface area contributed by atoms with E-state index < -0.39 is 0 Å². The maximum Gasteiger partial charge on any atom is 0.137 e. The van der Waals surface area contributed by atoms with Crippen molar-refractivity contribution in [2.24, 2.45) is 0 Å². The Balaban J connectivity index is 1.47. The van der Waals surface area contributed by atoms with Gasteiger partial charge in [0.2, 0.25) is 0 Å². The van der Waals surface area contributed by atoms with Gasteiger partial charge in [0.1, 0.15) is 23.6 Å². The van der Waals surface area contributed by atoms with Gasteiger partial charge in [0.15, 0.2) is 0 Å². The number of hydrogen-bond donors (Lipinski definition) is 1. The van der Waals surface area contributed by atoms with Gasteiger partial charge in [-0.2, -0.15) is 0 Å². The third kappa shape index (κ3) is 3.88. The van der Waals surface area contributed by atoms with E-state index >= 15 is 0 Å². The molecule has 0 saturated carbocycles. The van der Waals surface area contributed by atoms with Crippen LogP contribution in [0.3, 0.4) is 0 Å². The molecule has 118 valence electrons. The summed E-state index contributed by atoms with van der Waals surface area (Å²) in [6, 6.07) is 15.6. The Morgan fingerprint density at radius 2 is 1.74 bits per heavy atom. The van der Waals surface area contributed by atoms with Crippen molar-refractivity contribution in [3.05, 3.63) is 54.9 Å². The number of para-hydroxylation sites is 1. The van der Waals surface area contributed by atoms with Crippen molar-refractivity contribution in [2.75, 3.05) is 25.6 Å². The monoisotopic (exact) mass is 309 g/mol. The molecule has 1 heterocycles. The van der Waals surface area contributed by atoms with Crippen LogP contribution in [-0.2, 0) is 0 Å². The molecule has 5 heteroatoms. The van der Waals surface area contributed by atoms with Gasteiger partial charge in [0.05, 0.1) is 19.2 Å². The molecule has 3 rings (SSSR count). The van der Waals surface area contributed by atoms with Crippen LogP contribution < -0.4 is 14.8 Å². The molecule has 23 heavy (non-hydrogen) atoms. The fourth-order valence-electron chi connectivity index (χ4n) is 2.29. The molecule has 0 amide bonds. The Morgan fingerprint density at radius 3 is 2.57 bits per heavy atom. The van der Waals surface area contributed by atoms with Crippen molar-refractivity contribution in [3.63, 3.8) is 0 Å². The first-order valence-corrected chi connectivity index (χ1v) is 7.57. The van der Waals surface area contributed by atoms with Crippen molar-refractivity contribution >= 4 is 16.7 Å². The van der Waals surface area contributed by atoms with E-state index in [0.29, 0.717) is 6.61 Å². The molecule has 1 aromatic heterocycles. The molecular formula is C18H19N3O2. The molecule has 2 aromatic carbocycles. The Kier molecular flexibility index (Phi) is 4.88. The van der Waals surface area contributed by atoms with Crippen molar-refractivity contribution in [3.8, 4) is 11.5 Å². The Hall–Kier alpha value is -2.82. The maximum absolute atomic E-state index is 5.70. The first-order valence-electron chi connectivity index (χ1n) is 7.57. The number of aromatic nitrogens is 2. The fourth-order valence-corrected chi connectivity index (χ4v) is 2.29. The average molecular weight is 309 g/mol. The molecular weight excluding hydrogens is 290 g/mol. The smallest absolute Gasteiger partial charge is 0.137 e. The predicted molar refractivity (Wildman–Crippen MR) is 91.1 cm³/mol. The third-order valence-corrected chi connectivity index (χ3v) is 3.48. The minimum Gasteiger partial charge on any atom is -0.497 e. The quantitative estimate of drug-likeness (QED) is 0.677. The maximum atomic E-state index is 5.70. The van der Waals surface area contributed by atoms with Crippen LogP contribution in [0.15, 0.2) is 54.9 Å². The normalized spacial score (nSPS) is 10.5. The lowest BCUT2D eigenvalue weighted by Crippen LogP contribution is -2.08. The van der Waals surface area contributed by atoms with Crippen LogP contribution in [0.4, 0.5) is 5.82 Å². The standard InChI is InChI=1S/C18H19N3O2/c1-22-14-7-9-15(10-8-14)23-12-4-11-19-18-16-5-2-3-6-17(16)20-13-21-18/h2-3,5-10,13H,4,11-12H2,1H3,(H,19,20,21). The highest BCUT2D eigenvalue weighted by atomic mass is 16.5. The molecule has 0 saturated heterocycles. The van der Waals surface area contributed by atoms with Crippen molar-refractivity contribution in [1.82, 2.24) is 9.97 Å². The molecule has 5 nitrogen and oxygen atoms in total. The summed E-state index contributed by atoms with van der Waals surface area (Å²) in [5.74, 6) is 2.54. The van der Waals surface area contributed by atoms with Gasteiger partial charge in [0.25, 0.3) is 0 Å². The van der Waals surface area contributed by atoms with Crippen molar-refractivity contribution in [1.29, 1.82) is 0 Å². The highest BCUT2D eigenvalue weighted by molar-refractivity contribution is 5.88. The second-order valence-corrected chi connectivity index (χ2v) is 5.04. The van der Waals surface area contributed by atoms with Crippen molar-refractivity contribution < 1.29 is 9.47 Å². The number of methoxy groups -OCH3 is 1. The fraction of sp³-hybridized carbons (Fsp3) is 0.222. The summed E-state index contributed by atoms with van der Waals surface area (Å²) in [6.07, 6.45) is 2.46. The van der Waals surface area contributed by atoms with Gasteiger partial charge in [-0.3, -0.25) is 0 Å². The number of nitrogens with zero attached hydrogens (tertiary/aromatic N) is 2. The van der Waals surface area contributed by atoms with Gasteiger partial charge in [0, 0.05) is 11.9 Å². The molecule has 0 bridgehead atoms. The second kappa shape index (κ2) is 7.45. The van der Waals surface area contributed by atoms with E-state index in [0.717, 1.165) is 41.2 Å². The molecule has 0 spiro atoms. The zero-order valence-corrected chi connectivity index (χ0v) is 13.0. The minimum atomic E-state index is 0.641. The molecule has 0 aliphatic carbocycles. The van der Waals surface area contributed by atoms with Crippen molar-refractivity contribution in [2.45, 2.75) is 6.42 Å². The molecule has 1 N–H and O–H groups in total. The minimum absolute atomic E-state index is 0.641. The van der Waals surface area contributed by atoms with Gasteiger partial charge in [-0.15, -0.1) is 0 Å². The SMILES string of the molecule is COc1ccc(OCCCNc2ncnc3ccccc23)cc1. The van der Waals surface area contributed by atoms with Crippen LogP contribution in [0.1, 0.15) is 6.42 Å². The van der Waals surface area contributed by atoms with Crippen LogP contribution in [-0.4, -0.2) is 30.2 Å². The van der Waals surface area contributed by atoms with Crippen LogP contribution >= 0.6 is 0 Å². The molecule has 0 aliphatic heterocycles. The summed E-state index contributed by atoms with van der Waals surface area (Å²) in [7, 11) is 1.65. The molecule has 0 unspecified atom stereocenters. The molecule has 3 aromatic rings. The number of nitrogens with one attached hydrogen (secondary N) is 1. The van der Waals surface area contributed by atoms with Gasteiger partial charge in [-0.25, -0.2) is 9.97 Å². The summed E-state index contributed by atoms with van der Waals surface area (Å²) in [4.78, 5) is 8.56. The number of fused-ring (bicyclic) bond motifs is 1. The van der Waals surface area contributed by atoms with Gasteiger partial charge >= 0.3 is 0 Å². The molecule has 0 radical (unpaired) electrons. The van der Waals surface area contributed by atoms with Crippen LogP contribution in [0.5, 0.6) is 11.5 Å². The number of hydrogen-bond acceptors (Lipinski definition) is 5. The van der Waals surface area contributed by atoms with E-state index in [1.165, 1.54) is 0 Å². The lowest BCUT2D eigenvalue weighted by molar-refractivity contribution is 0.314. The van der Waals surface area contributed by atoms with Gasteiger partial charge in [-0.05, 0) is 42.8 Å². The van der Waals surface area contributed by atoms with E-state index in [4.69, 9.17) is 9.47 Å². The van der Waals surface area contributed by atoms with E-state index in [1.54, 1.807) is 13.4 Å². The Labute approximate surface area is 135 Å². The number of rotatable bonds is 7. The summed E-state index contributed by atoms with van der Waals surface area (Å²) in [5.41, 5.74) is 0.944. The zero-order valence-electron chi connectivity index (χ0n) is 13.0. The van der Waals surface area contributed by atoms with Crippen LogP contribution in [0.2, 0.25) is 0 Å².